The normalized spacial score (nSPS) is 18.2. The summed E-state index contributed by atoms with van der Waals surface area (Å²) in [6, 6.07) is 9.45. The van der Waals surface area contributed by atoms with Gasteiger partial charge in [-0.05, 0) is 59.8 Å². The van der Waals surface area contributed by atoms with E-state index in [4.69, 9.17) is 0 Å². The van der Waals surface area contributed by atoms with Gasteiger partial charge in [0.15, 0.2) is 0 Å². The smallest absolute Gasteiger partial charge is 0.289 e. The maximum absolute atomic E-state index is 12.9. The Morgan fingerprint density at radius 2 is 1.86 bits per heavy atom. The second-order valence-electron chi connectivity index (χ2n) is 4.24. The lowest BCUT2D eigenvalue weighted by Crippen LogP contribution is -2.18. The number of benzene rings is 1. The number of aliphatic imine (C=N–C) groups is 1. The summed E-state index contributed by atoms with van der Waals surface area (Å²) in [5.74, 6) is 0.143. The summed E-state index contributed by atoms with van der Waals surface area (Å²) in [7, 11) is 0. The van der Waals surface area contributed by atoms with Crippen LogP contribution in [0.4, 0.5) is 14.9 Å². The van der Waals surface area contributed by atoms with Gasteiger partial charge in [0.1, 0.15) is 11.7 Å². The van der Waals surface area contributed by atoms with Gasteiger partial charge in [-0.15, -0.1) is 0 Å². The van der Waals surface area contributed by atoms with Gasteiger partial charge in [0.25, 0.3) is 5.24 Å². The first-order valence-electron chi connectivity index (χ1n) is 6.16. The van der Waals surface area contributed by atoms with E-state index in [0.717, 1.165) is 22.2 Å². The average molecular weight is 299 g/mol. The Balaban J connectivity index is 1.94. The minimum atomic E-state index is -0.323. The Hall–Kier alpha value is -2.47. The number of amides is 1. The molecule has 6 heteroatoms. The third-order valence-corrected chi connectivity index (χ3v) is 3.55. The van der Waals surface area contributed by atoms with Crippen molar-refractivity contribution in [3.63, 3.8) is 0 Å². The quantitative estimate of drug-likeness (QED) is 0.919. The van der Waals surface area contributed by atoms with Gasteiger partial charge in [-0.2, -0.15) is 0 Å². The summed E-state index contributed by atoms with van der Waals surface area (Å²) in [5, 5.41) is 2.50. The van der Waals surface area contributed by atoms with Gasteiger partial charge in [0.05, 0.1) is 10.6 Å². The summed E-state index contributed by atoms with van der Waals surface area (Å²) in [6.45, 7) is 0. The molecule has 1 aliphatic heterocycles. The zero-order chi connectivity index (χ0) is 14.7. The van der Waals surface area contributed by atoms with Crippen LogP contribution in [0.1, 0.15) is 5.56 Å². The van der Waals surface area contributed by atoms with Crippen LogP contribution in [-0.4, -0.2) is 16.1 Å². The third kappa shape index (κ3) is 3.35. The van der Waals surface area contributed by atoms with Crippen molar-refractivity contribution in [1.29, 1.82) is 0 Å². The highest BCUT2D eigenvalue weighted by molar-refractivity contribution is 8.18. The van der Waals surface area contributed by atoms with E-state index in [0.29, 0.717) is 11.5 Å². The number of nitrogens with zero attached hydrogens (tertiary/aromatic N) is 2. The van der Waals surface area contributed by atoms with Crippen molar-refractivity contribution in [2.45, 2.75) is 0 Å². The first-order valence-corrected chi connectivity index (χ1v) is 6.97. The van der Waals surface area contributed by atoms with Crippen LogP contribution in [0, 0.1) is 5.82 Å². The van der Waals surface area contributed by atoms with E-state index in [2.05, 4.69) is 15.3 Å². The molecule has 3 rings (SSSR count). The summed E-state index contributed by atoms with van der Waals surface area (Å²) in [6.07, 6.45) is 5.21. The molecule has 0 bridgehead atoms. The standard InChI is InChI=1S/C15H10FN3OS/c16-11-1-3-12(4-2-11)18-14-13(21-15(20)19-14)9-10-5-7-17-8-6-10/h1-9H,(H,18,19,20)/b13-9-. The Morgan fingerprint density at radius 1 is 1.14 bits per heavy atom. The fraction of sp³-hybridized carbons (Fsp3) is 0. The van der Waals surface area contributed by atoms with Crippen molar-refractivity contribution in [2.75, 3.05) is 0 Å². The number of amidine groups is 1. The van der Waals surface area contributed by atoms with Crippen molar-refractivity contribution < 1.29 is 9.18 Å². The van der Waals surface area contributed by atoms with Gasteiger partial charge in [-0.1, -0.05) is 0 Å². The summed E-state index contributed by atoms with van der Waals surface area (Å²) < 4.78 is 12.9. The lowest BCUT2D eigenvalue weighted by Gasteiger charge is -2.00. The number of aromatic nitrogens is 1. The molecule has 2 heterocycles. The molecule has 0 saturated carbocycles. The average Bonchev–Trinajstić information content (AvgIpc) is 2.82. The first kappa shape index (κ1) is 13.5. The van der Waals surface area contributed by atoms with Crippen molar-refractivity contribution >= 4 is 34.6 Å². The maximum Gasteiger partial charge on any atom is 0.289 e. The number of hydrogen-bond donors (Lipinski definition) is 1. The molecule has 0 unspecified atom stereocenters. The number of carbonyl (C=O) groups is 1. The Kier molecular flexibility index (Phi) is 3.79. The molecule has 1 saturated heterocycles. The van der Waals surface area contributed by atoms with Crippen LogP contribution in [0.15, 0.2) is 58.7 Å². The van der Waals surface area contributed by atoms with Gasteiger partial charge in [0, 0.05) is 12.4 Å². The lowest BCUT2D eigenvalue weighted by atomic mass is 10.2. The molecule has 1 aromatic heterocycles. The number of thioether (sulfide) groups is 1. The molecule has 1 fully saturated rings. The van der Waals surface area contributed by atoms with Gasteiger partial charge < -0.3 is 5.32 Å². The largest absolute Gasteiger partial charge is 0.300 e. The summed E-state index contributed by atoms with van der Waals surface area (Å²) in [4.78, 5) is 20.6. The van der Waals surface area contributed by atoms with E-state index in [-0.39, 0.29) is 11.1 Å². The van der Waals surface area contributed by atoms with E-state index in [1.54, 1.807) is 24.5 Å². The van der Waals surface area contributed by atoms with Crippen LogP contribution in [0.25, 0.3) is 6.08 Å². The van der Waals surface area contributed by atoms with Crippen molar-refractivity contribution in [2.24, 2.45) is 4.99 Å². The van der Waals surface area contributed by atoms with Crippen molar-refractivity contribution in [3.05, 3.63) is 65.1 Å². The molecule has 2 aromatic rings. The molecule has 0 spiro atoms. The molecule has 4 nitrogen and oxygen atoms in total. The predicted octanol–water partition coefficient (Wildman–Crippen LogP) is 3.75. The minimum Gasteiger partial charge on any atom is -0.300 e. The van der Waals surface area contributed by atoms with E-state index in [1.807, 2.05) is 18.2 Å². The second kappa shape index (κ2) is 5.88. The summed E-state index contributed by atoms with van der Waals surface area (Å²) in [5.41, 5.74) is 1.51. The van der Waals surface area contributed by atoms with Crippen molar-refractivity contribution in [3.8, 4) is 0 Å². The van der Waals surface area contributed by atoms with Crippen LogP contribution in [-0.2, 0) is 0 Å². The third-order valence-electron chi connectivity index (χ3n) is 2.73. The molecule has 21 heavy (non-hydrogen) atoms. The zero-order valence-corrected chi connectivity index (χ0v) is 11.6. The molecule has 1 aliphatic rings. The molecule has 1 N–H and O–H groups in total. The fourth-order valence-corrected chi connectivity index (χ4v) is 2.50. The van der Waals surface area contributed by atoms with Gasteiger partial charge >= 0.3 is 0 Å². The molecule has 0 radical (unpaired) electrons. The monoisotopic (exact) mass is 299 g/mol. The molecule has 1 aromatic carbocycles. The van der Waals surface area contributed by atoms with E-state index >= 15 is 0 Å². The highest BCUT2D eigenvalue weighted by Crippen LogP contribution is 2.28. The van der Waals surface area contributed by atoms with Crippen LogP contribution in [0.3, 0.4) is 0 Å². The SMILES string of the molecule is O=C1NC(=Nc2ccc(F)cc2)/C(=C/c2ccncc2)S1. The first-order chi connectivity index (χ1) is 10.2. The molecular weight excluding hydrogens is 289 g/mol. The van der Waals surface area contributed by atoms with Gasteiger partial charge in [-0.25, -0.2) is 9.38 Å². The van der Waals surface area contributed by atoms with Gasteiger partial charge in [-0.3, -0.25) is 9.78 Å². The second-order valence-corrected chi connectivity index (χ2v) is 5.26. The van der Waals surface area contributed by atoms with E-state index in [9.17, 15) is 9.18 Å². The molecule has 0 aliphatic carbocycles. The maximum atomic E-state index is 12.9. The number of carbonyl (C=O) groups excluding carboxylic acids is 1. The van der Waals surface area contributed by atoms with Crippen molar-refractivity contribution in [1.82, 2.24) is 10.3 Å². The van der Waals surface area contributed by atoms with Crippen LogP contribution >= 0.6 is 11.8 Å². The highest BCUT2D eigenvalue weighted by atomic mass is 32.2. The van der Waals surface area contributed by atoms with E-state index < -0.39 is 0 Å². The Bertz CT molecular complexity index is 726. The number of rotatable bonds is 2. The lowest BCUT2D eigenvalue weighted by molar-refractivity contribution is 0.265. The highest BCUT2D eigenvalue weighted by Gasteiger charge is 2.23. The Morgan fingerprint density at radius 3 is 2.57 bits per heavy atom. The molecular formula is C15H10FN3OS. The fourth-order valence-electron chi connectivity index (χ4n) is 1.77. The predicted molar refractivity (Wildman–Crippen MR) is 81.8 cm³/mol. The minimum absolute atomic E-state index is 0.184. The summed E-state index contributed by atoms with van der Waals surface area (Å²) >= 11 is 1.08. The molecule has 1 amide bonds. The van der Waals surface area contributed by atoms with Gasteiger partial charge in [0.2, 0.25) is 0 Å². The topological polar surface area (TPSA) is 54.4 Å². The Labute approximate surface area is 124 Å². The molecule has 0 atom stereocenters. The van der Waals surface area contributed by atoms with E-state index in [1.165, 1.54) is 12.1 Å². The molecule has 104 valence electrons. The zero-order valence-electron chi connectivity index (χ0n) is 10.8. The van der Waals surface area contributed by atoms with Crippen LogP contribution in [0.2, 0.25) is 0 Å². The van der Waals surface area contributed by atoms with Crippen LogP contribution < -0.4 is 5.32 Å². The van der Waals surface area contributed by atoms with Crippen LogP contribution in [0.5, 0.6) is 0 Å². The number of pyridine rings is 1. The number of halogens is 1. The number of hydrogen-bond acceptors (Lipinski definition) is 4. The number of nitrogens with one attached hydrogen (secondary N) is 1.